The third kappa shape index (κ3) is 11.8. The molecule has 0 aromatic carbocycles. The molecule has 152 valence electrons. The Bertz CT molecular complexity index is 441. The second kappa shape index (κ2) is 13.5. The number of carbonyl (C=O) groups excluding carboxylic acids is 1. The molecule has 0 amide bonds. The van der Waals surface area contributed by atoms with Gasteiger partial charge >= 0.3 is 17.9 Å². The lowest BCUT2D eigenvalue weighted by Crippen LogP contribution is -2.44. The number of ether oxygens (including phenoxy) is 1. The van der Waals surface area contributed by atoms with E-state index in [0.717, 1.165) is 19.3 Å². The van der Waals surface area contributed by atoms with Gasteiger partial charge in [0.1, 0.15) is 0 Å². The van der Waals surface area contributed by atoms with Crippen LogP contribution in [0.1, 0.15) is 84.0 Å². The van der Waals surface area contributed by atoms with Gasteiger partial charge in [-0.3, -0.25) is 15.3 Å². The number of carboxylic acid groups (broad SMARTS) is 2. The van der Waals surface area contributed by atoms with Crippen LogP contribution in [0, 0.1) is 0 Å². The van der Waals surface area contributed by atoms with Crippen molar-refractivity contribution in [3.63, 3.8) is 0 Å². The van der Waals surface area contributed by atoms with E-state index < -0.39 is 42.6 Å². The van der Waals surface area contributed by atoms with Crippen molar-refractivity contribution < 1.29 is 34.4 Å². The average molecular weight is 375 g/mol. The van der Waals surface area contributed by atoms with Gasteiger partial charge in [-0.25, -0.2) is 4.79 Å². The molecule has 0 saturated carbocycles. The van der Waals surface area contributed by atoms with Crippen LogP contribution < -0.4 is 5.73 Å². The largest absolute Gasteiger partial charge is 0.481 e. The number of hydrogen-bond acceptors (Lipinski definition) is 6. The molecule has 0 aliphatic rings. The fourth-order valence-electron chi connectivity index (χ4n) is 2.63. The summed E-state index contributed by atoms with van der Waals surface area (Å²) in [7, 11) is 0. The quantitative estimate of drug-likeness (QED) is 0.183. The van der Waals surface area contributed by atoms with E-state index in [1.54, 1.807) is 0 Å². The number of carboxylic acids is 2. The molecule has 0 saturated heterocycles. The maximum Gasteiger partial charge on any atom is 0.336 e. The van der Waals surface area contributed by atoms with Crippen LogP contribution in [0.3, 0.4) is 0 Å². The van der Waals surface area contributed by atoms with Gasteiger partial charge in [-0.15, -0.1) is 0 Å². The maximum atomic E-state index is 11.7. The predicted molar refractivity (Wildman–Crippen MR) is 95.4 cm³/mol. The normalized spacial score (nSPS) is 14.4. The molecular formula is C18H33NO7. The number of carbonyl (C=O) groups is 3. The van der Waals surface area contributed by atoms with Crippen LogP contribution >= 0.6 is 0 Å². The first-order chi connectivity index (χ1) is 12.2. The fraction of sp³-hybridized carbons (Fsp3) is 0.833. The van der Waals surface area contributed by atoms with Crippen molar-refractivity contribution >= 4 is 17.9 Å². The zero-order valence-corrected chi connectivity index (χ0v) is 15.6. The molecule has 0 aromatic heterocycles. The Morgan fingerprint density at radius 1 is 0.923 bits per heavy atom. The standard InChI is InChI=1S/C18H33NO7/c1-2-3-4-5-6-7-8-9-10-11-14(19)26-16(22)13-18(25,17(23)24)12-15(20)21/h14,25H,2-13,19H2,1H3,(H,20,21)(H,23,24). The molecule has 5 N–H and O–H groups in total. The molecule has 0 bridgehead atoms. The lowest BCUT2D eigenvalue weighted by Gasteiger charge is -2.21. The Morgan fingerprint density at radius 2 is 1.42 bits per heavy atom. The lowest BCUT2D eigenvalue weighted by molar-refractivity contribution is -0.173. The molecule has 8 nitrogen and oxygen atoms in total. The van der Waals surface area contributed by atoms with E-state index in [9.17, 15) is 19.5 Å². The summed E-state index contributed by atoms with van der Waals surface area (Å²) in [6.07, 6.45) is 7.77. The SMILES string of the molecule is CCCCCCCCCCCC(N)OC(=O)CC(O)(CC(=O)O)C(=O)O. The van der Waals surface area contributed by atoms with Crippen molar-refractivity contribution in [3.8, 4) is 0 Å². The smallest absolute Gasteiger partial charge is 0.336 e. The second-order valence-electron chi connectivity index (χ2n) is 6.73. The molecule has 0 heterocycles. The number of aliphatic carboxylic acids is 2. The zero-order valence-electron chi connectivity index (χ0n) is 15.6. The summed E-state index contributed by atoms with van der Waals surface area (Å²) < 4.78 is 4.87. The van der Waals surface area contributed by atoms with Crippen LogP contribution in [0.15, 0.2) is 0 Å². The highest BCUT2D eigenvalue weighted by Gasteiger charge is 2.41. The lowest BCUT2D eigenvalue weighted by atomic mass is 9.96. The highest BCUT2D eigenvalue weighted by atomic mass is 16.6. The molecule has 0 rings (SSSR count). The highest BCUT2D eigenvalue weighted by Crippen LogP contribution is 2.18. The number of esters is 1. The molecule has 0 spiro atoms. The molecule has 0 aromatic rings. The van der Waals surface area contributed by atoms with Gasteiger partial charge in [-0.2, -0.15) is 0 Å². The number of aliphatic hydroxyl groups is 1. The van der Waals surface area contributed by atoms with Crippen molar-refractivity contribution in [2.75, 3.05) is 0 Å². The summed E-state index contributed by atoms with van der Waals surface area (Å²) in [6.45, 7) is 2.18. The average Bonchev–Trinajstić information content (AvgIpc) is 2.52. The van der Waals surface area contributed by atoms with Gasteiger partial charge in [-0.05, 0) is 12.8 Å². The Morgan fingerprint density at radius 3 is 1.88 bits per heavy atom. The molecule has 26 heavy (non-hydrogen) atoms. The van der Waals surface area contributed by atoms with Gasteiger partial charge in [0, 0.05) is 0 Å². The van der Waals surface area contributed by atoms with E-state index in [-0.39, 0.29) is 0 Å². The van der Waals surface area contributed by atoms with Crippen LogP contribution in [0.4, 0.5) is 0 Å². The number of hydrogen-bond donors (Lipinski definition) is 4. The molecule has 2 unspecified atom stereocenters. The minimum absolute atomic E-state index is 0.437. The van der Waals surface area contributed by atoms with E-state index in [4.69, 9.17) is 20.7 Å². The zero-order chi connectivity index (χ0) is 20.0. The summed E-state index contributed by atoms with van der Waals surface area (Å²) in [5, 5.41) is 27.3. The first kappa shape index (κ1) is 24.3. The maximum absolute atomic E-state index is 11.7. The van der Waals surface area contributed by atoms with Crippen LogP contribution in [0.5, 0.6) is 0 Å². The van der Waals surface area contributed by atoms with E-state index in [0.29, 0.717) is 6.42 Å². The topological polar surface area (TPSA) is 147 Å². The number of nitrogens with two attached hydrogens (primary N) is 1. The van der Waals surface area contributed by atoms with E-state index in [1.165, 1.54) is 38.5 Å². The third-order valence-corrected chi connectivity index (χ3v) is 4.15. The summed E-state index contributed by atoms with van der Waals surface area (Å²) >= 11 is 0. The van der Waals surface area contributed by atoms with Gasteiger partial charge in [0.25, 0.3) is 0 Å². The molecule has 0 radical (unpaired) electrons. The summed E-state index contributed by atoms with van der Waals surface area (Å²) in [5.74, 6) is -4.34. The van der Waals surface area contributed by atoms with Crippen molar-refractivity contribution in [1.29, 1.82) is 0 Å². The predicted octanol–water partition coefficient (Wildman–Crippen LogP) is 2.42. The molecule has 0 aliphatic carbocycles. The Hall–Kier alpha value is -1.67. The van der Waals surface area contributed by atoms with Crippen LogP contribution in [0.25, 0.3) is 0 Å². The first-order valence-corrected chi connectivity index (χ1v) is 9.34. The van der Waals surface area contributed by atoms with Gasteiger partial charge < -0.3 is 20.1 Å². The Labute approximate surface area is 154 Å². The van der Waals surface area contributed by atoms with Gasteiger partial charge in [0.2, 0.25) is 0 Å². The van der Waals surface area contributed by atoms with Crippen molar-refractivity contribution in [1.82, 2.24) is 0 Å². The Balaban J connectivity index is 3.94. The highest BCUT2D eigenvalue weighted by molar-refractivity contribution is 5.88. The van der Waals surface area contributed by atoms with Crippen molar-refractivity contribution in [2.45, 2.75) is 95.8 Å². The minimum atomic E-state index is -2.69. The molecular weight excluding hydrogens is 342 g/mol. The van der Waals surface area contributed by atoms with E-state index >= 15 is 0 Å². The first-order valence-electron chi connectivity index (χ1n) is 9.34. The summed E-state index contributed by atoms with van der Waals surface area (Å²) in [6, 6.07) is 0. The van der Waals surface area contributed by atoms with Gasteiger partial charge in [-0.1, -0.05) is 58.3 Å². The van der Waals surface area contributed by atoms with Crippen molar-refractivity contribution in [3.05, 3.63) is 0 Å². The van der Waals surface area contributed by atoms with Crippen LogP contribution in [0.2, 0.25) is 0 Å². The molecule has 2 atom stereocenters. The van der Waals surface area contributed by atoms with Gasteiger partial charge in [0.15, 0.2) is 11.8 Å². The minimum Gasteiger partial charge on any atom is -0.481 e. The molecule has 0 aliphatic heterocycles. The van der Waals surface area contributed by atoms with Crippen LogP contribution in [-0.2, 0) is 19.1 Å². The van der Waals surface area contributed by atoms with Crippen molar-refractivity contribution in [2.24, 2.45) is 5.73 Å². The third-order valence-electron chi connectivity index (χ3n) is 4.15. The monoisotopic (exact) mass is 375 g/mol. The van der Waals surface area contributed by atoms with Gasteiger partial charge in [0.05, 0.1) is 12.8 Å². The number of rotatable bonds is 16. The van der Waals surface area contributed by atoms with Crippen LogP contribution in [-0.4, -0.2) is 45.1 Å². The summed E-state index contributed by atoms with van der Waals surface area (Å²) in [5.41, 5.74) is 2.98. The fourth-order valence-corrected chi connectivity index (χ4v) is 2.63. The second-order valence-corrected chi connectivity index (χ2v) is 6.73. The molecule has 8 heteroatoms. The van der Waals surface area contributed by atoms with E-state index in [2.05, 4.69) is 6.92 Å². The van der Waals surface area contributed by atoms with E-state index in [1.807, 2.05) is 0 Å². The summed E-state index contributed by atoms with van der Waals surface area (Å²) in [4.78, 5) is 33.3. The number of unbranched alkanes of at least 4 members (excludes halogenated alkanes) is 8. The molecule has 0 fully saturated rings. The Kier molecular flexibility index (Phi) is 12.7.